The average molecular weight is 285 g/mol. The molecular weight excluding hydrogens is 281 g/mol. The molecule has 1 aromatic carbocycles. The second kappa shape index (κ2) is 4.26. The van der Waals surface area contributed by atoms with Crippen molar-refractivity contribution < 1.29 is 4.92 Å². The summed E-state index contributed by atoms with van der Waals surface area (Å²) in [5.41, 5.74) is 0.415. The van der Waals surface area contributed by atoms with Gasteiger partial charge < -0.3 is 0 Å². The first-order chi connectivity index (χ1) is 6.07. The summed E-state index contributed by atoms with van der Waals surface area (Å²) in [6.45, 7) is 0. The van der Waals surface area contributed by atoms with Gasteiger partial charge in [-0.15, -0.1) is 0 Å². The van der Waals surface area contributed by atoms with Crippen molar-refractivity contribution >= 4 is 44.8 Å². The SMILES string of the molecule is O=[N+]([O-])c1c(Cl)ccc(CBr)c1Cl. The molecule has 0 aliphatic carbocycles. The van der Waals surface area contributed by atoms with Crippen molar-refractivity contribution in [1.29, 1.82) is 0 Å². The third-order valence-electron chi connectivity index (χ3n) is 1.47. The van der Waals surface area contributed by atoms with Crippen molar-refractivity contribution in [3.05, 3.63) is 37.9 Å². The fraction of sp³-hybridized carbons (Fsp3) is 0.143. The lowest BCUT2D eigenvalue weighted by molar-refractivity contribution is -0.384. The molecule has 0 saturated carbocycles. The normalized spacial score (nSPS) is 10.1. The van der Waals surface area contributed by atoms with Crippen LogP contribution in [0.3, 0.4) is 0 Å². The van der Waals surface area contributed by atoms with Crippen LogP contribution in [0.1, 0.15) is 5.56 Å². The molecule has 0 saturated heterocycles. The number of nitrogens with zero attached hydrogens (tertiary/aromatic N) is 1. The molecule has 0 heterocycles. The largest absolute Gasteiger partial charge is 0.306 e. The maximum Gasteiger partial charge on any atom is 0.306 e. The molecule has 0 radical (unpaired) electrons. The van der Waals surface area contributed by atoms with E-state index in [0.717, 1.165) is 0 Å². The minimum absolute atomic E-state index is 0.0553. The number of hydrogen-bond acceptors (Lipinski definition) is 2. The van der Waals surface area contributed by atoms with Crippen molar-refractivity contribution in [1.82, 2.24) is 0 Å². The van der Waals surface area contributed by atoms with Crippen LogP contribution in [0.15, 0.2) is 12.1 Å². The lowest BCUT2D eigenvalue weighted by Crippen LogP contribution is -1.93. The van der Waals surface area contributed by atoms with E-state index in [1.807, 2.05) is 0 Å². The molecule has 0 fully saturated rings. The second-order valence-corrected chi connectivity index (χ2v) is 3.61. The predicted octanol–water partition coefficient (Wildman–Crippen LogP) is 3.80. The third kappa shape index (κ3) is 2.13. The summed E-state index contributed by atoms with van der Waals surface area (Å²) in [5, 5.41) is 11.1. The van der Waals surface area contributed by atoms with Gasteiger partial charge in [-0.05, 0) is 11.6 Å². The average Bonchev–Trinajstić information content (AvgIpc) is 2.04. The molecule has 70 valence electrons. The van der Waals surface area contributed by atoms with Crippen LogP contribution in [0.4, 0.5) is 5.69 Å². The Morgan fingerprint density at radius 1 is 1.46 bits per heavy atom. The number of alkyl halides is 1. The van der Waals surface area contributed by atoms with E-state index in [4.69, 9.17) is 23.2 Å². The molecule has 1 rings (SSSR count). The minimum Gasteiger partial charge on any atom is -0.258 e. The van der Waals surface area contributed by atoms with Gasteiger partial charge in [0.2, 0.25) is 0 Å². The van der Waals surface area contributed by atoms with E-state index >= 15 is 0 Å². The van der Waals surface area contributed by atoms with E-state index in [0.29, 0.717) is 10.9 Å². The highest BCUT2D eigenvalue weighted by Gasteiger charge is 2.19. The fourth-order valence-corrected chi connectivity index (χ4v) is 2.06. The number of nitro benzene ring substituents is 1. The summed E-state index contributed by atoms with van der Waals surface area (Å²) in [7, 11) is 0. The first-order valence-electron chi connectivity index (χ1n) is 3.25. The van der Waals surface area contributed by atoms with Crippen LogP contribution in [0.5, 0.6) is 0 Å². The monoisotopic (exact) mass is 283 g/mol. The van der Waals surface area contributed by atoms with Crippen LogP contribution in [-0.2, 0) is 5.33 Å². The van der Waals surface area contributed by atoms with Gasteiger partial charge in [0.05, 0.1) is 4.92 Å². The molecule has 0 unspecified atom stereocenters. The highest BCUT2D eigenvalue weighted by Crippen LogP contribution is 2.35. The minimum atomic E-state index is -0.586. The summed E-state index contributed by atoms with van der Waals surface area (Å²) in [5.74, 6) is 0. The van der Waals surface area contributed by atoms with Crippen LogP contribution in [0.2, 0.25) is 10.0 Å². The molecule has 1 aromatic rings. The number of halogens is 3. The Morgan fingerprint density at radius 2 is 2.08 bits per heavy atom. The molecule has 0 spiro atoms. The van der Waals surface area contributed by atoms with Gasteiger partial charge in [-0.3, -0.25) is 10.1 Å². The second-order valence-electron chi connectivity index (χ2n) is 2.26. The quantitative estimate of drug-likeness (QED) is 0.471. The van der Waals surface area contributed by atoms with Gasteiger partial charge in [-0.2, -0.15) is 0 Å². The summed E-state index contributed by atoms with van der Waals surface area (Å²) < 4.78 is 0. The number of benzene rings is 1. The van der Waals surface area contributed by atoms with E-state index in [-0.39, 0.29) is 15.7 Å². The number of hydrogen-bond donors (Lipinski definition) is 0. The molecule has 0 atom stereocenters. The van der Waals surface area contributed by atoms with Crippen LogP contribution in [0, 0.1) is 10.1 Å². The lowest BCUT2D eigenvalue weighted by Gasteiger charge is -2.01. The molecule has 3 nitrogen and oxygen atoms in total. The summed E-state index contributed by atoms with van der Waals surface area (Å²) in [4.78, 5) is 9.95. The molecule has 0 aliphatic rings. The number of rotatable bonds is 2. The summed E-state index contributed by atoms with van der Waals surface area (Å²) in [6.07, 6.45) is 0. The van der Waals surface area contributed by atoms with Crippen LogP contribution >= 0.6 is 39.1 Å². The smallest absolute Gasteiger partial charge is 0.258 e. The Balaban J connectivity index is 3.38. The van der Waals surface area contributed by atoms with Gasteiger partial charge in [-0.1, -0.05) is 45.2 Å². The molecule has 0 aliphatic heterocycles. The maximum atomic E-state index is 10.5. The first-order valence-corrected chi connectivity index (χ1v) is 5.13. The van der Waals surface area contributed by atoms with Gasteiger partial charge in [-0.25, -0.2) is 0 Å². The zero-order valence-electron chi connectivity index (χ0n) is 6.26. The van der Waals surface area contributed by atoms with E-state index in [2.05, 4.69) is 15.9 Å². The van der Waals surface area contributed by atoms with Crippen molar-refractivity contribution in [3.8, 4) is 0 Å². The van der Waals surface area contributed by atoms with E-state index < -0.39 is 4.92 Å². The number of nitro groups is 1. The van der Waals surface area contributed by atoms with Crippen LogP contribution in [-0.4, -0.2) is 4.92 Å². The van der Waals surface area contributed by atoms with Gasteiger partial charge in [0.1, 0.15) is 10.0 Å². The summed E-state index contributed by atoms with van der Waals surface area (Å²) >= 11 is 14.5. The van der Waals surface area contributed by atoms with E-state index in [1.54, 1.807) is 6.07 Å². The van der Waals surface area contributed by atoms with Crippen molar-refractivity contribution in [2.45, 2.75) is 5.33 Å². The zero-order chi connectivity index (χ0) is 10.0. The Labute approximate surface area is 92.9 Å². The van der Waals surface area contributed by atoms with Crippen molar-refractivity contribution in [3.63, 3.8) is 0 Å². The highest BCUT2D eigenvalue weighted by molar-refractivity contribution is 9.08. The molecule has 13 heavy (non-hydrogen) atoms. The standard InChI is InChI=1S/C7H4BrCl2NO2/c8-3-4-1-2-5(9)7(6(4)10)11(12)13/h1-2H,3H2. The van der Waals surface area contributed by atoms with Crippen molar-refractivity contribution in [2.24, 2.45) is 0 Å². The predicted molar refractivity (Wildman–Crippen MR) is 55.7 cm³/mol. The maximum absolute atomic E-state index is 10.5. The molecule has 0 aromatic heterocycles. The van der Waals surface area contributed by atoms with Gasteiger partial charge in [0.15, 0.2) is 0 Å². The molecule has 0 amide bonds. The summed E-state index contributed by atoms with van der Waals surface area (Å²) in [6, 6.07) is 3.11. The molecule has 6 heteroatoms. The first kappa shape index (κ1) is 10.8. The van der Waals surface area contributed by atoms with Gasteiger partial charge in [0.25, 0.3) is 0 Å². The third-order valence-corrected chi connectivity index (χ3v) is 2.80. The van der Waals surface area contributed by atoms with Crippen LogP contribution in [0.25, 0.3) is 0 Å². The molecular formula is C7H4BrCl2NO2. The Hall–Kier alpha value is -0.320. The zero-order valence-corrected chi connectivity index (χ0v) is 9.36. The Morgan fingerprint density at radius 3 is 2.54 bits per heavy atom. The fourth-order valence-electron chi connectivity index (χ4n) is 0.853. The van der Waals surface area contributed by atoms with E-state index in [9.17, 15) is 10.1 Å². The molecule has 0 bridgehead atoms. The van der Waals surface area contributed by atoms with Crippen LogP contribution < -0.4 is 0 Å². The Bertz CT molecular complexity index is 357. The Kier molecular flexibility index (Phi) is 3.53. The lowest BCUT2D eigenvalue weighted by atomic mass is 10.2. The highest BCUT2D eigenvalue weighted by atomic mass is 79.9. The van der Waals surface area contributed by atoms with E-state index in [1.165, 1.54) is 6.07 Å². The molecule has 0 N–H and O–H groups in total. The topological polar surface area (TPSA) is 43.1 Å². The van der Waals surface area contributed by atoms with Crippen molar-refractivity contribution in [2.75, 3.05) is 0 Å². The van der Waals surface area contributed by atoms with Gasteiger partial charge in [0, 0.05) is 5.33 Å². The van der Waals surface area contributed by atoms with Gasteiger partial charge >= 0.3 is 5.69 Å².